The number of para-hydroxylation sites is 1. The standard InChI is InChI=1S/C13H10ClF3N2/c1-8-4-2-3-5-10(8)18-12-7-9(13(15,16)17)6-11(14)19-12/h2-7H,1H3,(H,18,19). The van der Waals surface area contributed by atoms with Gasteiger partial charge in [-0.15, -0.1) is 0 Å². The molecule has 1 aromatic carbocycles. The number of hydrogen-bond donors (Lipinski definition) is 1. The van der Waals surface area contributed by atoms with Crippen molar-refractivity contribution in [1.82, 2.24) is 4.98 Å². The van der Waals surface area contributed by atoms with Gasteiger partial charge in [0.25, 0.3) is 0 Å². The number of pyridine rings is 1. The van der Waals surface area contributed by atoms with E-state index in [-0.39, 0.29) is 11.0 Å². The van der Waals surface area contributed by atoms with E-state index in [1.165, 1.54) is 0 Å². The number of aromatic nitrogens is 1. The Morgan fingerprint density at radius 1 is 1.16 bits per heavy atom. The molecule has 6 heteroatoms. The van der Waals surface area contributed by atoms with E-state index in [2.05, 4.69) is 10.3 Å². The molecule has 0 aliphatic carbocycles. The summed E-state index contributed by atoms with van der Waals surface area (Å²) in [5.74, 6) is 0.0640. The molecule has 0 spiro atoms. The van der Waals surface area contributed by atoms with Gasteiger partial charge in [-0.25, -0.2) is 4.98 Å². The molecule has 1 N–H and O–H groups in total. The first-order valence-corrected chi connectivity index (χ1v) is 5.81. The molecular formula is C13H10ClF3N2. The van der Waals surface area contributed by atoms with E-state index < -0.39 is 11.7 Å². The summed E-state index contributed by atoms with van der Waals surface area (Å²) >= 11 is 5.61. The first-order chi connectivity index (χ1) is 8.86. The van der Waals surface area contributed by atoms with Gasteiger partial charge < -0.3 is 5.32 Å². The maximum Gasteiger partial charge on any atom is 0.416 e. The number of alkyl halides is 3. The number of aryl methyl sites for hydroxylation is 1. The fourth-order valence-electron chi connectivity index (χ4n) is 1.58. The third-order valence-electron chi connectivity index (χ3n) is 2.53. The second-order valence-corrected chi connectivity index (χ2v) is 4.39. The third kappa shape index (κ3) is 3.38. The summed E-state index contributed by atoms with van der Waals surface area (Å²) in [6.45, 7) is 1.84. The van der Waals surface area contributed by atoms with Crippen molar-refractivity contribution in [1.29, 1.82) is 0 Å². The lowest BCUT2D eigenvalue weighted by atomic mass is 10.2. The normalized spacial score (nSPS) is 11.4. The highest BCUT2D eigenvalue weighted by molar-refractivity contribution is 6.29. The molecule has 0 amide bonds. The van der Waals surface area contributed by atoms with E-state index in [1.54, 1.807) is 12.1 Å². The monoisotopic (exact) mass is 286 g/mol. The number of nitrogens with one attached hydrogen (secondary N) is 1. The Morgan fingerprint density at radius 3 is 2.47 bits per heavy atom. The summed E-state index contributed by atoms with van der Waals surface area (Å²) < 4.78 is 38.0. The van der Waals surface area contributed by atoms with Crippen LogP contribution >= 0.6 is 11.6 Å². The summed E-state index contributed by atoms with van der Waals surface area (Å²) in [6.07, 6.45) is -4.45. The van der Waals surface area contributed by atoms with Crippen molar-refractivity contribution in [2.75, 3.05) is 5.32 Å². The summed E-state index contributed by atoms with van der Waals surface area (Å²) in [6, 6.07) is 8.95. The van der Waals surface area contributed by atoms with Crippen LogP contribution in [-0.2, 0) is 6.18 Å². The van der Waals surface area contributed by atoms with E-state index in [0.717, 1.165) is 17.7 Å². The maximum absolute atomic E-state index is 12.7. The largest absolute Gasteiger partial charge is 0.416 e. The molecule has 0 saturated heterocycles. The molecule has 0 atom stereocenters. The zero-order valence-electron chi connectivity index (χ0n) is 9.92. The van der Waals surface area contributed by atoms with Crippen molar-refractivity contribution in [3.05, 3.63) is 52.7 Å². The second-order valence-electron chi connectivity index (χ2n) is 4.00. The van der Waals surface area contributed by atoms with Gasteiger partial charge in [0, 0.05) is 5.69 Å². The Hall–Kier alpha value is -1.75. The summed E-state index contributed by atoms with van der Waals surface area (Å²) in [5, 5.41) is 2.63. The van der Waals surface area contributed by atoms with Crippen LogP contribution in [0.25, 0.3) is 0 Å². The van der Waals surface area contributed by atoms with Gasteiger partial charge in [-0.3, -0.25) is 0 Å². The molecule has 0 saturated carbocycles. The molecule has 0 bridgehead atoms. The topological polar surface area (TPSA) is 24.9 Å². The lowest BCUT2D eigenvalue weighted by molar-refractivity contribution is -0.137. The molecule has 2 aromatic rings. The van der Waals surface area contributed by atoms with Crippen LogP contribution in [0.15, 0.2) is 36.4 Å². The van der Waals surface area contributed by atoms with Gasteiger partial charge in [-0.2, -0.15) is 13.2 Å². The highest BCUT2D eigenvalue weighted by Gasteiger charge is 2.31. The van der Waals surface area contributed by atoms with Gasteiger partial charge in [0.1, 0.15) is 11.0 Å². The number of nitrogens with zero attached hydrogens (tertiary/aromatic N) is 1. The Labute approximate surface area is 113 Å². The van der Waals surface area contributed by atoms with Crippen molar-refractivity contribution in [3.8, 4) is 0 Å². The van der Waals surface area contributed by atoms with Crippen molar-refractivity contribution >= 4 is 23.1 Å². The van der Waals surface area contributed by atoms with E-state index in [9.17, 15) is 13.2 Å². The summed E-state index contributed by atoms with van der Waals surface area (Å²) in [7, 11) is 0. The van der Waals surface area contributed by atoms with Crippen LogP contribution in [0, 0.1) is 6.92 Å². The lowest BCUT2D eigenvalue weighted by Crippen LogP contribution is -2.07. The first-order valence-electron chi connectivity index (χ1n) is 5.44. The van der Waals surface area contributed by atoms with Crippen molar-refractivity contribution in [3.63, 3.8) is 0 Å². The maximum atomic E-state index is 12.7. The summed E-state index contributed by atoms with van der Waals surface area (Å²) in [4.78, 5) is 3.84. The van der Waals surface area contributed by atoms with Crippen molar-refractivity contribution < 1.29 is 13.2 Å². The molecule has 19 heavy (non-hydrogen) atoms. The molecule has 0 fully saturated rings. The van der Waals surface area contributed by atoms with E-state index >= 15 is 0 Å². The SMILES string of the molecule is Cc1ccccc1Nc1cc(C(F)(F)F)cc(Cl)n1. The Balaban J connectivity index is 2.36. The average Bonchev–Trinajstić information content (AvgIpc) is 2.30. The molecule has 0 aliphatic heterocycles. The molecule has 1 aromatic heterocycles. The number of hydrogen-bond acceptors (Lipinski definition) is 2. The van der Waals surface area contributed by atoms with Gasteiger partial charge in [-0.05, 0) is 30.7 Å². The summed E-state index contributed by atoms with van der Waals surface area (Å²) in [5.41, 5.74) is 0.756. The number of rotatable bonds is 2. The molecule has 2 rings (SSSR count). The molecule has 2 nitrogen and oxygen atoms in total. The predicted molar refractivity (Wildman–Crippen MR) is 68.7 cm³/mol. The molecule has 0 aliphatic rings. The average molecular weight is 287 g/mol. The predicted octanol–water partition coefficient (Wildman–Crippen LogP) is 4.81. The van der Waals surface area contributed by atoms with E-state index in [1.807, 2.05) is 19.1 Å². The smallest absolute Gasteiger partial charge is 0.340 e. The van der Waals surface area contributed by atoms with Gasteiger partial charge in [0.15, 0.2) is 0 Å². The second kappa shape index (κ2) is 5.09. The van der Waals surface area contributed by atoms with Crippen LogP contribution in [0.5, 0.6) is 0 Å². The van der Waals surface area contributed by atoms with Gasteiger partial charge in [0.05, 0.1) is 5.56 Å². The van der Waals surface area contributed by atoms with Crippen LogP contribution in [0.3, 0.4) is 0 Å². The highest BCUT2D eigenvalue weighted by Crippen LogP contribution is 2.32. The quantitative estimate of drug-likeness (QED) is 0.802. The fraction of sp³-hybridized carbons (Fsp3) is 0.154. The van der Waals surface area contributed by atoms with Crippen LogP contribution in [0.1, 0.15) is 11.1 Å². The third-order valence-corrected chi connectivity index (χ3v) is 2.72. The minimum atomic E-state index is -4.45. The van der Waals surface area contributed by atoms with E-state index in [4.69, 9.17) is 11.6 Å². The van der Waals surface area contributed by atoms with Crippen LogP contribution in [0.2, 0.25) is 5.15 Å². The zero-order valence-corrected chi connectivity index (χ0v) is 10.7. The Bertz CT molecular complexity index is 597. The Morgan fingerprint density at radius 2 is 1.84 bits per heavy atom. The minimum absolute atomic E-state index is 0.0640. The molecular weight excluding hydrogens is 277 g/mol. The van der Waals surface area contributed by atoms with Gasteiger partial charge >= 0.3 is 6.18 Å². The fourth-order valence-corrected chi connectivity index (χ4v) is 1.78. The number of benzene rings is 1. The minimum Gasteiger partial charge on any atom is -0.340 e. The highest BCUT2D eigenvalue weighted by atomic mass is 35.5. The zero-order chi connectivity index (χ0) is 14.0. The van der Waals surface area contributed by atoms with Crippen molar-refractivity contribution in [2.45, 2.75) is 13.1 Å². The van der Waals surface area contributed by atoms with Gasteiger partial charge in [0.2, 0.25) is 0 Å². The van der Waals surface area contributed by atoms with Crippen LogP contribution < -0.4 is 5.32 Å². The van der Waals surface area contributed by atoms with E-state index in [0.29, 0.717) is 5.69 Å². The van der Waals surface area contributed by atoms with Gasteiger partial charge in [-0.1, -0.05) is 29.8 Å². The lowest BCUT2D eigenvalue weighted by Gasteiger charge is -2.12. The number of anilines is 2. The molecule has 0 radical (unpaired) electrons. The molecule has 100 valence electrons. The Kier molecular flexibility index (Phi) is 3.66. The van der Waals surface area contributed by atoms with Crippen LogP contribution in [-0.4, -0.2) is 4.98 Å². The number of halogens is 4. The molecule has 1 heterocycles. The van der Waals surface area contributed by atoms with Crippen LogP contribution in [0.4, 0.5) is 24.7 Å². The van der Waals surface area contributed by atoms with Crippen molar-refractivity contribution in [2.24, 2.45) is 0 Å². The molecule has 0 unspecified atom stereocenters. The first kappa shape index (κ1) is 13.7.